The molecular formula is C21H18N6O2. The van der Waals surface area contributed by atoms with Gasteiger partial charge in [-0.15, -0.1) is 0 Å². The Balaban J connectivity index is 1.87. The second kappa shape index (κ2) is 7.43. The third kappa shape index (κ3) is 3.77. The van der Waals surface area contributed by atoms with E-state index in [9.17, 15) is 9.90 Å². The van der Waals surface area contributed by atoms with E-state index in [1.54, 1.807) is 24.7 Å². The molecule has 8 heteroatoms. The minimum atomic E-state index is -0.740. The van der Waals surface area contributed by atoms with E-state index in [0.29, 0.717) is 0 Å². The maximum absolute atomic E-state index is 11.0. The number of carbonyl (C=O) groups is 1. The molecule has 4 N–H and O–H groups in total. The number of carbonyl (C=O) groups excluding carboxylic acids is 1. The van der Waals surface area contributed by atoms with Gasteiger partial charge in [0.15, 0.2) is 0 Å². The third-order valence-electron chi connectivity index (χ3n) is 4.50. The first kappa shape index (κ1) is 18.2. The highest BCUT2D eigenvalue weighted by Crippen LogP contribution is 2.29. The summed E-state index contributed by atoms with van der Waals surface area (Å²) in [5.74, 6) is 0.211. The van der Waals surface area contributed by atoms with Crippen molar-refractivity contribution in [1.29, 1.82) is 0 Å². The Labute approximate surface area is 166 Å². The molecule has 0 saturated heterocycles. The third-order valence-corrected chi connectivity index (χ3v) is 4.50. The van der Waals surface area contributed by atoms with E-state index < -0.39 is 6.03 Å². The van der Waals surface area contributed by atoms with Crippen molar-refractivity contribution in [2.45, 2.75) is 0 Å². The van der Waals surface area contributed by atoms with Crippen molar-refractivity contribution < 1.29 is 9.90 Å². The van der Waals surface area contributed by atoms with E-state index in [2.05, 4.69) is 15.5 Å². The predicted molar refractivity (Wildman–Crippen MR) is 111 cm³/mol. The zero-order valence-electron chi connectivity index (χ0n) is 15.6. The van der Waals surface area contributed by atoms with Gasteiger partial charge in [-0.05, 0) is 41.5 Å². The van der Waals surface area contributed by atoms with Crippen LogP contribution in [0.3, 0.4) is 0 Å². The first-order chi connectivity index (χ1) is 14.0. The van der Waals surface area contributed by atoms with Gasteiger partial charge in [0.2, 0.25) is 0 Å². The minimum absolute atomic E-state index is 0.211. The van der Waals surface area contributed by atoms with Gasteiger partial charge in [0.05, 0.1) is 35.6 Å². The van der Waals surface area contributed by atoms with Gasteiger partial charge in [-0.1, -0.05) is 18.2 Å². The van der Waals surface area contributed by atoms with Crippen molar-refractivity contribution >= 4 is 23.1 Å². The van der Waals surface area contributed by atoms with E-state index in [0.717, 1.165) is 39.0 Å². The molecule has 4 aromatic rings. The fourth-order valence-electron chi connectivity index (χ4n) is 3.09. The first-order valence-electron chi connectivity index (χ1n) is 8.80. The molecule has 0 spiro atoms. The minimum Gasteiger partial charge on any atom is -0.508 e. The number of nitrogens with two attached hydrogens (primary N) is 1. The average molecular weight is 386 g/mol. The number of pyridine rings is 1. The summed E-state index contributed by atoms with van der Waals surface area (Å²) in [6.45, 7) is 0. The number of hydrazone groups is 1. The highest BCUT2D eigenvalue weighted by atomic mass is 16.3. The van der Waals surface area contributed by atoms with Crippen LogP contribution in [0.4, 0.5) is 4.79 Å². The summed E-state index contributed by atoms with van der Waals surface area (Å²) in [6.07, 6.45) is 4.98. The zero-order valence-corrected chi connectivity index (χ0v) is 15.6. The molecule has 0 bridgehead atoms. The quantitative estimate of drug-likeness (QED) is 0.369. The molecule has 4 rings (SSSR count). The number of urea groups is 1. The van der Waals surface area contributed by atoms with Crippen molar-refractivity contribution in [3.63, 3.8) is 0 Å². The Hall–Kier alpha value is -4.20. The average Bonchev–Trinajstić information content (AvgIpc) is 3.14. The fourth-order valence-corrected chi connectivity index (χ4v) is 3.09. The van der Waals surface area contributed by atoms with Crippen LogP contribution in [0.1, 0.15) is 5.56 Å². The molecule has 2 aromatic carbocycles. The Kier molecular flexibility index (Phi) is 4.66. The van der Waals surface area contributed by atoms with Crippen LogP contribution >= 0.6 is 0 Å². The number of primary amides is 1. The normalized spacial score (nSPS) is 11.2. The number of rotatable bonds is 4. The molecule has 0 saturated carbocycles. The van der Waals surface area contributed by atoms with Gasteiger partial charge < -0.3 is 15.4 Å². The summed E-state index contributed by atoms with van der Waals surface area (Å²) in [5.41, 5.74) is 12.4. The molecule has 0 unspecified atom stereocenters. The molecule has 0 fully saturated rings. The molecule has 8 nitrogen and oxygen atoms in total. The molecule has 0 atom stereocenters. The van der Waals surface area contributed by atoms with Gasteiger partial charge in [-0.2, -0.15) is 5.10 Å². The molecule has 0 aliphatic carbocycles. The number of fused-ring (bicyclic) bond motifs is 1. The largest absolute Gasteiger partial charge is 0.508 e. The SMILES string of the molecule is Cn1cncc1-c1cc(/C=N/NC(N)=O)c2cc(-c3ccc(O)cc3)ccc2n1. The number of imidazole rings is 1. The zero-order chi connectivity index (χ0) is 20.4. The molecule has 0 aliphatic rings. The van der Waals surface area contributed by atoms with Gasteiger partial charge in [-0.3, -0.25) is 0 Å². The summed E-state index contributed by atoms with van der Waals surface area (Å²) in [5, 5.41) is 14.3. The fraction of sp³-hybridized carbons (Fsp3) is 0.0476. The molecule has 29 heavy (non-hydrogen) atoms. The highest BCUT2D eigenvalue weighted by Gasteiger charge is 2.11. The Morgan fingerprint density at radius 2 is 1.93 bits per heavy atom. The predicted octanol–water partition coefficient (Wildman–Crippen LogP) is 3.01. The summed E-state index contributed by atoms with van der Waals surface area (Å²) in [6, 6.07) is 14.0. The molecule has 0 aliphatic heterocycles. The summed E-state index contributed by atoms with van der Waals surface area (Å²) < 4.78 is 1.88. The van der Waals surface area contributed by atoms with Crippen LogP contribution in [0.5, 0.6) is 5.75 Å². The Morgan fingerprint density at radius 1 is 1.17 bits per heavy atom. The monoisotopic (exact) mass is 386 g/mol. The number of aryl methyl sites for hydroxylation is 1. The first-order valence-corrected chi connectivity index (χ1v) is 8.80. The van der Waals surface area contributed by atoms with E-state index >= 15 is 0 Å². The van der Waals surface area contributed by atoms with Crippen LogP contribution in [-0.4, -0.2) is 31.9 Å². The number of aromatic nitrogens is 3. The standard InChI is InChI=1S/C21H18N6O2/c1-27-12-23-11-20(27)19-9-15(10-24-26-21(22)29)17-8-14(4-7-18(17)25-19)13-2-5-16(28)6-3-13/h2-12,28H,1H3,(H3,22,26,29)/b24-10+. The lowest BCUT2D eigenvalue weighted by molar-refractivity contribution is 0.249. The van der Waals surface area contributed by atoms with Gasteiger partial charge >= 0.3 is 6.03 Å². The number of benzene rings is 2. The van der Waals surface area contributed by atoms with E-state index in [1.807, 2.05) is 48.0 Å². The van der Waals surface area contributed by atoms with Gasteiger partial charge in [0.25, 0.3) is 0 Å². The molecule has 144 valence electrons. The lowest BCUT2D eigenvalue weighted by Crippen LogP contribution is -2.24. The molecule has 2 aromatic heterocycles. The highest BCUT2D eigenvalue weighted by molar-refractivity contribution is 6.01. The second-order valence-corrected chi connectivity index (χ2v) is 6.50. The van der Waals surface area contributed by atoms with Crippen molar-refractivity contribution in [3.05, 3.63) is 66.6 Å². The van der Waals surface area contributed by atoms with E-state index in [1.165, 1.54) is 6.21 Å². The van der Waals surface area contributed by atoms with Crippen LogP contribution in [0, 0.1) is 0 Å². The number of phenols is 1. The maximum Gasteiger partial charge on any atom is 0.332 e. The van der Waals surface area contributed by atoms with Crippen LogP contribution in [-0.2, 0) is 7.05 Å². The van der Waals surface area contributed by atoms with Crippen molar-refractivity contribution in [2.24, 2.45) is 17.9 Å². The Bertz CT molecular complexity index is 1230. The topological polar surface area (TPSA) is 118 Å². The number of nitrogens with zero attached hydrogens (tertiary/aromatic N) is 4. The van der Waals surface area contributed by atoms with Gasteiger partial charge in [0, 0.05) is 18.0 Å². The molecular weight excluding hydrogens is 368 g/mol. The number of amides is 2. The van der Waals surface area contributed by atoms with Crippen LogP contribution in [0.25, 0.3) is 33.4 Å². The summed E-state index contributed by atoms with van der Waals surface area (Å²) in [4.78, 5) is 19.9. The maximum atomic E-state index is 11.0. The molecule has 0 radical (unpaired) electrons. The number of hydrogen-bond donors (Lipinski definition) is 3. The summed E-state index contributed by atoms with van der Waals surface area (Å²) in [7, 11) is 1.89. The second-order valence-electron chi connectivity index (χ2n) is 6.50. The number of hydrogen-bond acceptors (Lipinski definition) is 5. The smallest absolute Gasteiger partial charge is 0.332 e. The Morgan fingerprint density at radius 3 is 2.62 bits per heavy atom. The van der Waals surface area contributed by atoms with E-state index in [4.69, 9.17) is 10.7 Å². The van der Waals surface area contributed by atoms with Crippen LogP contribution < -0.4 is 11.2 Å². The lowest BCUT2D eigenvalue weighted by Gasteiger charge is -2.10. The molecule has 2 heterocycles. The van der Waals surface area contributed by atoms with E-state index in [-0.39, 0.29) is 5.75 Å². The summed E-state index contributed by atoms with van der Waals surface area (Å²) >= 11 is 0. The number of aromatic hydroxyl groups is 1. The van der Waals surface area contributed by atoms with Gasteiger partial charge in [0.1, 0.15) is 5.75 Å². The number of phenolic OH excluding ortho intramolecular Hbond substituents is 1. The lowest BCUT2D eigenvalue weighted by atomic mass is 10.00. The van der Waals surface area contributed by atoms with Gasteiger partial charge in [-0.25, -0.2) is 20.2 Å². The van der Waals surface area contributed by atoms with Crippen molar-refractivity contribution in [3.8, 4) is 28.3 Å². The van der Waals surface area contributed by atoms with Crippen LogP contribution in [0.15, 0.2) is 66.2 Å². The number of nitrogens with one attached hydrogen (secondary N) is 1. The van der Waals surface area contributed by atoms with Crippen molar-refractivity contribution in [2.75, 3.05) is 0 Å². The van der Waals surface area contributed by atoms with Crippen molar-refractivity contribution in [1.82, 2.24) is 20.0 Å². The van der Waals surface area contributed by atoms with Crippen LogP contribution in [0.2, 0.25) is 0 Å². The molecule has 2 amide bonds.